The third kappa shape index (κ3) is 2.88. The topological polar surface area (TPSA) is 37.3 Å². The number of nitrogens with one attached hydrogen (secondary N) is 1. The fraction of sp³-hybridized carbons (Fsp3) is 0.227. The van der Waals surface area contributed by atoms with E-state index in [4.69, 9.17) is 0 Å². The number of hydrogen-bond donors (Lipinski definition) is 1. The van der Waals surface area contributed by atoms with Crippen LogP contribution in [-0.2, 0) is 6.54 Å². The average Bonchev–Trinajstić information content (AvgIpc) is 3.08. The van der Waals surface area contributed by atoms with E-state index in [1.165, 1.54) is 5.56 Å². The van der Waals surface area contributed by atoms with Gasteiger partial charge < -0.3 is 14.8 Å². The predicted molar refractivity (Wildman–Crippen MR) is 105 cm³/mol. The normalized spacial score (nSPS) is 15.8. The zero-order chi connectivity index (χ0) is 18.1. The molecule has 0 aliphatic carbocycles. The van der Waals surface area contributed by atoms with Crippen LogP contribution < -0.4 is 5.32 Å². The number of anilines is 1. The lowest BCUT2D eigenvalue weighted by atomic mass is 10.1. The van der Waals surface area contributed by atoms with E-state index in [1.807, 2.05) is 48.2 Å². The van der Waals surface area contributed by atoms with E-state index in [9.17, 15) is 4.79 Å². The molecular weight excluding hydrogens is 322 g/mol. The molecule has 132 valence electrons. The first-order valence-corrected chi connectivity index (χ1v) is 9.07. The highest BCUT2D eigenvalue weighted by atomic mass is 16.2. The number of benzene rings is 2. The van der Waals surface area contributed by atoms with Gasteiger partial charge in [-0.2, -0.15) is 0 Å². The van der Waals surface area contributed by atoms with Crippen molar-refractivity contribution in [3.63, 3.8) is 0 Å². The Morgan fingerprint density at radius 2 is 1.85 bits per heavy atom. The van der Waals surface area contributed by atoms with Crippen LogP contribution in [0.5, 0.6) is 0 Å². The molecule has 0 unspecified atom stereocenters. The van der Waals surface area contributed by atoms with Crippen molar-refractivity contribution in [3.8, 4) is 5.69 Å². The molecule has 1 aliphatic heterocycles. The van der Waals surface area contributed by atoms with Crippen LogP contribution in [0.4, 0.5) is 10.5 Å². The molecule has 1 aromatic heterocycles. The fourth-order valence-electron chi connectivity index (χ4n) is 3.69. The first-order chi connectivity index (χ1) is 12.7. The lowest BCUT2D eigenvalue weighted by Gasteiger charge is -2.29. The summed E-state index contributed by atoms with van der Waals surface area (Å²) in [5, 5.41) is 3.06. The van der Waals surface area contributed by atoms with E-state index in [2.05, 4.69) is 47.3 Å². The molecule has 0 saturated carbocycles. The average molecular weight is 345 g/mol. The molecule has 0 fully saturated rings. The minimum atomic E-state index is -0.0647. The van der Waals surface area contributed by atoms with Crippen LogP contribution in [-0.4, -0.2) is 15.5 Å². The van der Waals surface area contributed by atoms with Gasteiger partial charge in [-0.3, -0.25) is 0 Å². The van der Waals surface area contributed by atoms with Crippen LogP contribution in [0.25, 0.3) is 5.69 Å². The summed E-state index contributed by atoms with van der Waals surface area (Å²) in [6, 6.07) is 20.3. The molecule has 4 rings (SSSR count). The van der Waals surface area contributed by atoms with Crippen LogP contribution in [0.2, 0.25) is 0 Å². The number of amides is 2. The molecular formula is C22H23N3O. The van der Waals surface area contributed by atoms with Crippen LogP contribution >= 0.6 is 0 Å². The third-order valence-corrected chi connectivity index (χ3v) is 5.04. The van der Waals surface area contributed by atoms with E-state index in [0.717, 1.165) is 29.1 Å². The molecule has 1 N–H and O–H groups in total. The standard InChI is InChI=1S/C22H23N3O/c1-3-19-21-9-6-14-24(21)20-8-5-4-7-17(20)15-25(19)22(26)23-18-12-10-16(2)11-13-18/h4-14,19H,3,15H2,1-2H3,(H,23,26)/t19-/m0/s1. The highest BCUT2D eigenvalue weighted by Crippen LogP contribution is 2.34. The van der Waals surface area contributed by atoms with Crippen molar-refractivity contribution < 1.29 is 4.79 Å². The van der Waals surface area contributed by atoms with Gasteiger partial charge in [0.2, 0.25) is 0 Å². The van der Waals surface area contributed by atoms with Crippen molar-refractivity contribution in [1.29, 1.82) is 0 Å². The van der Waals surface area contributed by atoms with Gasteiger partial charge in [0, 0.05) is 17.6 Å². The largest absolute Gasteiger partial charge is 0.322 e. The van der Waals surface area contributed by atoms with E-state index >= 15 is 0 Å². The first kappa shape index (κ1) is 16.5. The number of urea groups is 1. The Hall–Kier alpha value is -3.01. The Labute approximate surface area is 154 Å². The van der Waals surface area contributed by atoms with Gasteiger partial charge in [-0.1, -0.05) is 42.8 Å². The highest BCUT2D eigenvalue weighted by molar-refractivity contribution is 5.89. The Morgan fingerprint density at radius 3 is 2.62 bits per heavy atom. The zero-order valence-electron chi connectivity index (χ0n) is 15.1. The van der Waals surface area contributed by atoms with Gasteiger partial charge in [-0.15, -0.1) is 0 Å². The number of rotatable bonds is 2. The van der Waals surface area contributed by atoms with Gasteiger partial charge in [0.1, 0.15) is 0 Å². The van der Waals surface area contributed by atoms with Gasteiger partial charge >= 0.3 is 6.03 Å². The number of hydrogen-bond acceptors (Lipinski definition) is 1. The number of nitrogens with zero attached hydrogens (tertiary/aromatic N) is 2. The maximum absolute atomic E-state index is 13.1. The summed E-state index contributed by atoms with van der Waals surface area (Å²) in [6.07, 6.45) is 2.94. The number of aryl methyl sites for hydroxylation is 1. The quantitative estimate of drug-likeness (QED) is 0.674. The van der Waals surface area contributed by atoms with E-state index in [1.54, 1.807) is 0 Å². The number of carbonyl (C=O) groups excluding carboxylic acids is 1. The molecule has 0 spiro atoms. The Kier molecular flexibility index (Phi) is 4.25. The summed E-state index contributed by atoms with van der Waals surface area (Å²) >= 11 is 0. The number of aromatic nitrogens is 1. The SMILES string of the molecule is CC[C@H]1c2cccn2-c2ccccc2CN1C(=O)Nc1ccc(C)cc1. The second-order valence-electron chi connectivity index (χ2n) is 6.78. The Balaban J connectivity index is 1.71. The zero-order valence-corrected chi connectivity index (χ0v) is 15.1. The maximum atomic E-state index is 13.1. The van der Waals surface area contributed by atoms with Crippen molar-refractivity contribution in [2.24, 2.45) is 0 Å². The maximum Gasteiger partial charge on any atom is 0.322 e. The molecule has 1 atom stereocenters. The van der Waals surface area contributed by atoms with E-state index in [-0.39, 0.29) is 12.1 Å². The Morgan fingerprint density at radius 1 is 1.08 bits per heavy atom. The molecule has 2 amide bonds. The molecule has 26 heavy (non-hydrogen) atoms. The molecule has 2 aromatic carbocycles. The van der Waals surface area contributed by atoms with E-state index < -0.39 is 0 Å². The van der Waals surface area contributed by atoms with Gasteiger partial charge in [-0.25, -0.2) is 4.79 Å². The summed E-state index contributed by atoms with van der Waals surface area (Å²) < 4.78 is 2.21. The molecule has 0 saturated heterocycles. The van der Waals surface area contributed by atoms with E-state index in [0.29, 0.717) is 6.54 Å². The van der Waals surface area contributed by atoms with Crippen molar-refractivity contribution >= 4 is 11.7 Å². The van der Waals surface area contributed by atoms with Crippen molar-refractivity contribution in [1.82, 2.24) is 9.47 Å². The molecule has 0 bridgehead atoms. The summed E-state index contributed by atoms with van der Waals surface area (Å²) in [7, 11) is 0. The van der Waals surface area contributed by atoms with Crippen LogP contribution in [0.1, 0.15) is 36.2 Å². The van der Waals surface area contributed by atoms with Crippen molar-refractivity contribution in [3.05, 3.63) is 83.7 Å². The van der Waals surface area contributed by atoms with Gasteiger partial charge in [-0.05, 0) is 49.2 Å². The number of fused-ring (bicyclic) bond motifs is 3. The molecule has 1 aliphatic rings. The summed E-state index contributed by atoms with van der Waals surface area (Å²) in [4.78, 5) is 15.1. The molecule has 3 aromatic rings. The lowest BCUT2D eigenvalue weighted by Crippen LogP contribution is -2.37. The number of para-hydroxylation sites is 1. The van der Waals surface area contributed by atoms with Crippen molar-refractivity contribution in [2.75, 3.05) is 5.32 Å². The summed E-state index contributed by atoms with van der Waals surface area (Å²) in [5.41, 5.74) is 5.45. The monoisotopic (exact) mass is 345 g/mol. The van der Waals surface area contributed by atoms with Crippen LogP contribution in [0.15, 0.2) is 66.9 Å². The Bertz CT molecular complexity index is 927. The van der Waals surface area contributed by atoms with Crippen LogP contribution in [0, 0.1) is 6.92 Å². The van der Waals surface area contributed by atoms with Crippen molar-refractivity contribution in [2.45, 2.75) is 32.9 Å². The number of carbonyl (C=O) groups is 1. The minimum Gasteiger partial charge on any atom is -0.318 e. The highest BCUT2D eigenvalue weighted by Gasteiger charge is 2.30. The smallest absolute Gasteiger partial charge is 0.318 e. The predicted octanol–water partition coefficient (Wildman–Crippen LogP) is 5.28. The van der Waals surface area contributed by atoms with Gasteiger partial charge in [0.25, 0.3) is 0 Å². The van der Waals surface area contributed by atoms with Gasteiger partial charge in [0.05, 0.1) is 18.3 Å². The first-order valence-electron chi connectivity index (χ1n) is 9.07. The summed E-state index contributed by atoms with van der Waals surface area (Å²) in [5.74, 6) is 0. The molecule has 2 heterocycles. The van der Waals surface area contributed by atoms with Crippen LogP contribution in [0.3, 0.4) is 0 Å². The van der Waals surface area contributed by atoms with Gasteiger partial charge in [0.15, 0.2) is 0 Å². The second kappa shape index (κ2) is 6.71. The second-order valence-corrected chi connectivity index (χ2v) is 6.78. The third-order valence-electron chi connectivity index (χ3n) is 5.04. The minimum absolute atomic E-state index is 0.0304. The fourth-order valence-corrected chi connectivity index (χ4v) is 3.69. The lowest BCUT2D eigenvalue weighted by molar-refractivity contribution is 0.181. The summed E-state index contributed by atoms with van der Waals surface area (Å²) in [6.45, 7) is 4.76. The molecule has 4 heteroatoms. The molecule has 0 radical (unpaired) electrons. The molecule has 4 nitrogen and oxygen atoms in total.